The predicted molar refractivity (Wildman–Crippen MR) is 113 cm³/mol. The van der Waals surface area contributed by atoms with Crippen LogP contribution < -0.4 is 16.0 Å². The minimum atomic E-state index is -4.55. The number of halogens is 3. The van der Waals surface area contributed by atoms with Gasteiger partial charge in [0.15, 0.2) is 0 Å². The summed E-state index contributed by atoms with van der Waals surface area (Å²) in [5.74, 6) is -1.81. The average Bonchev–Trinajstić information content (AvgIpc) is 3.01. The van der Waals surface area contributed by atoms with E-state index >= 15 is 0 Å². The third-order valence-corrected chi connectivity index (χ3v) is 4.84. The highest BCUT2D eigenvalue weighted by molar-refractivity contribution is 6.08. The van der Waals surface area contributed by atoms with Gasteiger partial charge in [0.2, 0.25) is 5.91 Å². The molecule has 11 heteroatoms. The average molecular weight is 462 g/mol. The molecule has 1 saturated heterocycles. The minimum absolute atomic E-state index is 0.0375. The number of amides is 5. The molecule has 0 spiro atoms. The van der Waals surface area contributed by atoms with Crippen molar-refractivity contribution >= 4 is 35.1 Å². The summed E-state index contributed by atoms with van der Waals surface area (Å²) in [7, 11) is 0. The maximum absolute atomic E-state index is 12.9. The molecular formula is C22H21F3N4O4. The number of nitrogens with one attached hydrogen (secondary N) is 3. The minimum Gasteiger partial charge on any atom is -0.326 e. The van der Waals surface area contributed by atoms with Crippen LogP contribution in [0.1, 0.15) is 35.7 Å². The standard InChI is InChI=1S/C22H21F3N4O4/c1-2-5-17-20(32)29(21(33)28-17)12-18(30)26-15-8-3-6-13(10-15)19(31)27-16-9-4-7-14(11-16)22(23,24)25/h3-4,6-11,17H,2,5,12H2,1H3,(H,26,30)(H,27,31)(H,28,33). The number of carbonyl (C=O) groups is 4. The molecule has 1 aliphatic rings. The first-order valence-corrected chi connectivity index (χ1v) is 10.1. The molecule has 8 nitrogen and oxygen atoms in total. The van der Waals surface area contributed by atoms with Gasteiger partial charge in [0.05, 0.1) is 5.56 Å². The Balaban J connectivity index is 1.64. The first-order valence-electron chi connectivity index (χ1n) is 10.1. The van der Waals surface area contributed by atoms with Crippen LogP contribution in [0.4, 0.5) is 29.3 Å². The molecule has 1 fully saturated rings. The number of nitrogens with zero attached hydrogens (tertiary/aromatic N) is 1. The van der Waals surface area contributed by atoms with E-state index in [2.05, 4.69) is 16.0 Å². The highest BCUT2D eigenvalue weighted by atomic mass is 19.4. The van der Waals surface area contributed by atoms with Gasteiger partial charge in [-0.1, -0.05) is 25.5 Å². The number of rotatable bonds is 7. The van der Waals surface area contributed by atoms with Crippen molar-refractivity contribution in [2.75, 3.05) is 17.2 Å². The quantitative estimate of drug-likeness (QED) is 0.547. The Hall–Kier alpha value is -3.89. The van der Waals surface area contributed by atoms with Gasteiger partial charge in [0.1, 0.15) is 12.6 Å². The number of benzene rings is 2. The highest BCUT2D eigenvalue weighted by Gasteiger charge is 2.38. The summed E-state index contributed by atoms with van der Waals surface area (Å²) in [6.45, 7) is 1.37. The monoisotopic (exact) mass is 462 g/mol. The summed E-state index contributed by atoms with van der Waals surface area (Å²) in [4.78, 5) is 49.8. The van der Waals surface area contributed by atoms with E-state index in [0.717, 1.165) is 17.0 Å². The van der Waals surface area contributed by atoms with Crippen molar-refractivity contribution in [2.24, 2.45) is 0 Å². The van der Waals surface area contributed by atoms with Crippen LogP contribution in [-0.4, -0.2) is 41.2 Å². The Morgan fingerprint density at radius 2 is 1.70 bits per heavy atom. The SMILES string of the molecule is CCCC1NC(=O)N(CC(=O)Nc2cccc(C(=O)Nc3cccc(C(F)(F)F)c3)c2)C1=O. The summed E-state index contributed by atoms with van der Waals surface area (Å²) < 4.78 is 38.6. The van der Waals surface area contributed by atoms with Crippen molar-refractivity contribution in [3.05, 3.63) is 59.7 Å². The normalized spacial score (nSPS) is 15.9. The summed E-state index contributed by atoms with van der Waals surface area (Å²) in [6.07, 6.45) is -3.40. The lowest BCUT2D eigenvalue weighted by molar-refractivity contribution is -0.137. The van der Waals surface area contributed by atoms with Gasteiger partial charge in [-0.05, 0) is 42.8 Å². The van der Waals surface area contributed by atoms with E-state index in [1.165, 1.54) is 36.4 Å². The van der Waals surface area contributed by atoms with Crippen molar-refractivity contribution in [3.8, 4) is 0 Å². The molecule has 2 aromatic carbocycles. The largest absolute Gasteiger partial charge is 0.416 e. The molecule has 2 aromatic rings. The third kappa shape index (κ3) is 5.88. The summed E-state index contributed by atoms with van der Waals surface area (Å²) in [5.41, 5.74) is -0.635. The highest BCUT2D eigenvalue weighted by Crippen LogP contribution is 2.30. The molecule has 3 N–H and O–H groups in total. The molecule has 174 valence electrons. The zero-order chi connectivity index (χ0) is 24.2. The molecule has 0 aliphatic carbocycles. The number of anilines is 2. The van der Waals surface area contributed by atoms with E-state index in [0.29, 0.717) is 12.8 Å². The van der Waals surface area contributed by atoms with Gasteiger partial charge in [0, 0.05) is 16.9 Å². The van der Waals surface area contributed by atoms with Crippen molar-refractivity contribution in [1.29, 1.82) is 0 Å². The van der Waals surface area contributed by atoms with E-state index < -0.39 is 48.1 Å². The molecular weight excluding hydrogens is 441 g/mol. The summed E-state index contributed by atoms with van der Waals surface area (Å²) in [5, 5.41) is 7.40. The third-order valence-electron chi connectivity index (χ3n) is 4.84. The lowest BCUT2D eigenvalue weighted by Crippen LogP contribution is -2.38. The first kappa shape index (κ1) is 23.8. The van der Waals surface area contributed by atoms with Gasteiger partial charge in [-0.25, -0.2) is 4.79 Å². The molecule has 1 atom stereocenters. The van der Waals surface area contributed by atoms with E-state index in [1.807, 2.05) is 6.92 Å². The molecule has 5 amide bonds. The van der Waals surface area contributed by atoms with E-state index in [-0.39, 0.29) is 16.9 Å². The Kier molecular flexibility index (Phi) is 7.00. The fourth-order valence-electron chi connectivity index (χ4n) is 3.27. The number of hydrogen-bond acceptors (Lipinski definition) is 4. The van der Waals surface area contributed by atoms with E-state index in [9.17, 15) is 32.3 Å². The predicted octanol–water partition coefficient (Wildman–Crippen LogP) is 3.62. The van der Waals surface area contributed by atoms with Gasteiger partial charge in [-0.3, -0.25) is 19.3 Å². The van der Waals surface area contributed by atoms with Crippen molar-refractivity contribution in [3.63, 3.8) is 0 Å². The number of imide groups is 1. The van der Waals surface area contributed by atoms with Gasteiger partial charge in [0.25, 0.3) is 11.8 Å². The molecule has 1 aliphatic heterocycles. The molecule has 1 heterocycles. The number of urea groups is 1. The maximum Gasteiger partial charge on any atom is 0.416 e. The second-order valence-corrected chi connectivity index (χ2v) is 7.38. The number of carbonyl (C=O) groups excluding carboxylic acids is 4. The summed E-state index contributed by atoms with van der Waals surface area (Å²) in [6, 6.07) is 8.61. The van der Waals surface area contributed by atoms with Gasteiger partial charge in [-0.15, -0.1) is 0 Å². The van der Waals surface area contributed by atoms with E-state index in [4.69, 9.17) is 0 Å². The Morgan fingerprint density at radius 1 is 1.03 bits per heavy atom. The van der Waals surface area contributed by atoms with Crippen LogP contribution in [0, 0.1) is 0 Å². The van der Waals surface area contributed by atoms with Crippen LogP contribution in [0.2, 0.25) is 0 Å². The van der Waals surface area contributed by atoms with Crippen LogP contribution in [0.15, 0.2) is 48.5 Å². The second kappa shape index (κ2) is 9.72. The smallest absolute Gasteiger partial charge is 0.326 e. The molecule has 1 unspecified atom stereocenters. The van der Waals surface area contributed by atoms with Crippen LogP contribution in [0.3, 0.4) is 0 Å². The summed E-state index contributed by atoms with van der Waals surface area (Å²) >= 11 is 0. The fourth-order valence-corrected chi connectivity index (χ4v) is 3.27. The number of alkyl halides is 3. The lowest BCUT2D eigenvalue weighted by atomic mass is 10.1. The molecule has 0 aromatic heterocycles. The number of hydrogen-bond donors (Lipinski definition) is 3. The second-order valence-electron chi connectivity index (χ2n) is 7.38. The zero-order valence-electron chi connectivity index (χ0n) is 17.5. The lowest BCUT2D eigenvalue weighted by Gasteiger charge is -2.13. The van der Waals surface area contributed by atoms with Crippen molar-refractivity contribution < 1.29 is 32.3 Å². The van der Waals surface area contributed by atoms with Crippen LogP contribution in [0.5, 0.6) is 0 Å². The Bertz CT molecular complexity index is 1090. The molecule has 33 heavy (non-hydrogen) atoms. The fraction of sp³-hybridized carbons (Fsp3) is 0.273. The van der Waals surface area contributed by atoms with E-state index in [1.54, 1.807) is 0 Å². The molecule has 3 rings (SSSR count). The van der Waals surface area contributed by atoms with Crippen LogP contribution >= 0.6 is 0 Å². The molecule has 0 saturated carbocycles. The Morgan fingerprint density at radius 3 is 2.36 bits per heavy atom. The van der Waals surface area contributed by atoms with Crippen LogP contribution in [-0.2, 0) is 15.8 Å². The van der Waals surface area contributed by atoms with Gasteiger partial charge >= 0.3 is 12.2 Å². The molecule has 0 radical (unpaired) electrons. The van der Waals surface area contributed by atoms with Crippen molar-refractivity contribution in [2.45, 2.75) is 32.0 Å². The van der Waals surface area contributed by atoms with Crippen molar-refractivity contribution in [1.82, 2.24) is 10.2 Å². The maximum atomic E-state index is 12.9. The van der Waals surface area contributed by atoms with Gasteiger partial charge < -0.3 is 16.0 Å². The van der Waals surface area contributed by atoms with Gasteiger partial charge in [-0.2, -0.15) is 13.2 Å². The Labute approximate surface area is 187 Å². The molecule has 0 bridgehead atoms. The zero-order valence-corrected chi connectivity index (χ0v) is 17.5. The topological polar surface area (TPSA) is 108 Å². The first-order chi connectivity index (χ1) is 15.6. The van der Waals surface area contributed by atoms with Crippen LogP contribution in [0.25, 0.3) is 0 Å².